The van der Waals surface area contributed by atoms with Crippen molar-refractivity contribution in [2.75, 3.05) is 0 Å². The van der Waals surface area contributed by atoms with Crippen LogP contribution in [-0.2, 0) is 67.0 Å². The Hall–Kier alpha value is -7.43. The number of aliphatic hydroxyl groups is 2. The van der Waals surface area contributed by atoms with Crippen LogP contribution in [0.15, 0.2) is 138 Å². The highest BCUT2D eigenvalue weighted by Gasteiger charge is 2.71. The molecule has 640 valence electrons. The molecule has 0 saturated heterocycles. The lowest BCUT2D eigenvalue weighted by Gasteiger charge is -2.53. The SMILES string of the molecule is CC(C)OC(=O)[C@H]1C2=C(CCC34C(=O)CC[C@]3(C)CC=C24)C2(C)CCC(=O)C=C2[C@@H]1O.CC12CCC(=O)C=C1C[C@@H](C(=O)OC1CCCC1)C1=C2CCC23C(=O)CC[C@]2(C)CC=C13.CCC(C)OC(=O)[C@H]1C2=C(CCC34C(=O)CC[C@]3(C)CC=C24)C2(C)CCC(=O)C=C2[C@@H]1O.C[C@@H]1CC2=CC(=O)CCC2(C)C2=C1C1=CC[C@@]3(C)CCC(=O)C13CC2. The fourth-order valence-corrected chi connectivity index (χ4v) is 30.2. The molecule has 19 atom stereocenters. The van der Waals surface area contributed by atoms with E-state index in [0.29, 0.717) is 111 Å². The number of aliphatic hydroxyl groups excluding tert-OH is 2. The summed E-state index contributed by atoms with van der Waals surface area (Å²) in [6, 6.07) is 0. The van der Waals surface area contributed by atoms with Crippen LogP contribution >= 0.6 is 0 Å². The van der Waals surface area contributed by atoms with Gasteiger partial charge in [-0.15, -0.1) is 0 Å². The summed E-state index contributed by atoms with van der Waals surface area (Å²) in [7, 11) is 0. The van der Waals surface area contributed by atoms with E-state index < -0.39 is 63.1 Å². The van der Waals surface area contributed by atoms with E-state index >= 15 is 0 Å². The number of fused-ring (bicyclic) bond motifs is 12. The fourth-order valence-electron chi connectivity index (χ4n) is 30.2. The molecular formula is C104H128O16. The molecule has 5 fully saturated rings. The van der Waals surface area contributed by atoms with E-state index in [4.69, 9.17) is 14.2 Å². The van der Waals surface area contributed by atoms with Gasteiger partial charge in [0.05, 0.1) is 52.0 Å². The molecule has 21 rings (SSSR count). The van der Waals surface area contributed by atoms with Crippen molar-refractivity contribution >= 4 is 64.2 Å². The highest BCUT2D eigenvalue weighted by Crippen LogP contribution is 2.76. The first kappa shape index (κ1) is 83.5. The molecule has 0 bridgehead atoms. The molecule has 2 N–H and O–H groups in total. The smallest absolute Gasteiger partial charge is 0.316 e. The van der Waals surface area contributed by atoms with Gasteiger partial charge in [0.1, 0.15) is 41.1 Å². The topological polar surface area (TPSA) is 256 Å². The molecule has 0 aromatic rings. The number of hydrogen-bond donors (Lipinski definition) is 2. The maximum atomic E-state index is 13.6. The van der Waals surface area contributed by atoms with Crippen LogP contribution in [0, 0.1) is 88.7 Å². The van der Waals surface area contributed by atoms with Crippen molar-refractivity contribution in [1.29, 1.82) is 0 Å². The summed E-state index contributed by atoms with van der Waals surface area (Å²) >= 11 is 0. The molecule has 21 aliphatic carbocycles. The lowest BCUT2D eigenvalue weighted by Crippen LogP contribution is -2.51. The maximum Gasteiger partial charge on any atom is 0.316 e. The van der Waals surface area contributed by atoms with E-state index in [2.05, 4.69) is 86.6 Å². The highest BCUT2D eigenvalue weighted by molar-refractivity contribution is 6.01. The zero-order valence-electron chi connectivity index (χ0n) is 73.7. The number of ketones is 8. The Bertz CT molecular complexity index is 5090. The molecule has 0 aliphatic heterocycles. The van der Waals surface area contributed by atoms with Crippen molar-refractivity contribution in [3.8, 4) is 0 Å². The van der Waals surface area contributed by atoms with Crippen molar-refractivity contribution in [3.63, 3.8) is 0 Å². The van der Waals surface area contributed by atoms with Crippen molar-refractivity contribution in [2.45, 2.75) is 345 Å². The summed E-state index contributed by atoms with van der Waals surface area (Å²) in [5.74, 6) is -0.855. The molecule has 9 unspecified atom stereocenters. The fraction of sp³-hybridized carbons (Fsp3) is 0.663. The summed E-state index contributed by atoms with van der Waals surface area (Å²) in [5.41, 5.74) is 14.9. The molecule has 0 heterocycles. The zero-order valence-corrected chi connectivity index (χ0v) is 73.7. The van der Waals surface area contributed by atoms with Gasteiger partial charge in [0, 0.05) is 73.0 Å². The average Bonchev–Trinajstić information content (AvgIpc) is 1.51. The number of carbonyl (C=O) groups is 11. The van der Waals surface area contributed by atoms with Crippen LogP contribution in [-0.4, -0.2) is 105 Å². The van der Waals surface area contributed by atoms with Crippen molar-refractivity contribution in [3.05, 3.63) is 138 Å². The number of allylic oxidation sites excluding steroid dienone is 19. The summed E-state index contributed by atoms with van der Waals surface area (Å²) in [6.45, 7) is 27.6. The normalized spacial score (nSPS) is 42.1. The summed E-state index contributed by atoms with van der Waals surface area (Å²) in [5, 5.41) is 23.1. The van der Waals surface area contributed by atoms with Crippen LogP contribution in [0.4, 0.5) is 0 Å². The zero-order chi connectivity index (χ0) is 85.3. The highest BCUT2D eigenvalue weighted by atomic mass is 16.6. The van der Waals surface area contributed by atoms with Crippen LogP contribution in [0.1, 0.15) is 315 Å². The van der Waals surface area contributed by atoms with Gasteiger partial charge in [0.2, 0.25) is 0 Å². The molecule has 4 spiro atoms. The molecule has 5 saturated carbocycles. The minimum atomic E-state index is -1.11. The Morgan fingerprint density at radius 3 is 1.12 bits per heavy atom. The second kappa shape index (κ2) is 28.6. The van der Waals surface area contributed by atoms with Gasteiger partial charge < -0.3 is 24.4 Å². The van der Waals surface area contributed by atoms with E-state index in [1.165, 1.54) is 22.3 Å². The number of esters is 3. The Morgan fingerprint density at radius 1 is 0.400 bits per heavy atom. The minimum absolute atomic E-state index is 0.000487. The molecule has 0 amide bonds. The lowest BCUT2D eigenvalue weighted by molar-refractivity contribution is -0.156. The van der Waals surface area contributed by atoms with Gasteiger partial charge in [-0.05, 0) is 302 Å². The first-order chi connectivity index (χ1) is 56.7. The van der Waals surface area contributed by atoms with Gasteiger partial charge >= 0.3 is 17.9 Å². The van der Waals surface area contributed by atoms with Crippen molar-refractivity contribution in [1.82, 2.24) is 0 Å². The lowest BCUT2D eigenvalue weighted by atomic mass is 9.50. The second-order valence-electron chi connectivity index (χ2n) is 43.3. The van der Waals surface area contributed by atoms with Crippen LogP contribution in [0.25, 0.3) is 0 Å². The minimum Gasteiger partial charge on any atom is -0.462 e. The molecular weight excluding hydrogens is 1510 g/mol. The first-order valence-corrected chi connectivity index (χ1v) is 46.6. The molecule has 21 aliphatic rings. The Kier molecular flexibility index (Phi) is 19.9. The number of ether oxygens (including phenoxy) is 3. The number of Topliss-reactive ketones (excluding diaryl/α,β-unsaturated/α-hetero) is 4. The molecule has 16 nitrogen and oxygen atoms in total. The van der Waals surface area contributed by atoms with Crippen LogP contribution < -0.4 is 0 Å². The number of hydrogen-bond acceptors (Lipinski definition) is 16. The predicted molar refractivity (Wildman–Crippen MR) is 453 cm³/mol. The van der Waals surface area contributed by atoms with Gasteiger partial charge in [0.15, 0.2) is 23.1 Å². The quantitative estimate of drug-likeness (QED) is 0.177. The van der Waals surface area contributed by atoms with Gasteiger partial charge in [-0.25, -0.2) is 0 Å². The van der Waals surface area contributed by atoms with E-state index in [1.54, 1.807) is 31.6 Å². The van der Waals surface area contributed by atoms with Crippen molar-refractivity contribution < 1.29 is 77.2 Å². The first-order valence-electron chi connectivity index (χ1n) is 46.6. The Labute approximate surface area is 709 Å². The van der Waals surface area contributed by atoms with E-state index in [0.717, 1.165) is 198 Å². The largest absolute Gasteiger partial charge is 0.462 e. The molecule has 16 heteroatoms. The third-order valence-corrected chi connectivity index (χ3v) is 37.4. The second-order valence-corrected chi connectivity index (χ2v) is 43.3. The van der Waals surface area contributed by atoms with E-state index in [9.17, 15) is 63.0 Å². The molecule has 0 aromatic heterocycles. The van der Waals surface area contributed by atoms with Crippen LogP contribution in [0.3, 0.4) is 0 Å². The monoisotopic (exact) mass is 1630 g/mol. The third-order valence-electron chi connectivity index (χ3n) is 37.4. The van der Waals surface area contributed by atoms with E-state index in [1.807, 2.05) is 26.0 Å². The average molecular weight is 1630 g/mol. The van der Waals surface area contributed by atoms with Gasteiger partial charge in [-0.3, -0.25) is 52.7 Å². The predicted octanol–water partition coefficient (Wildman–Crippen LogP) is 19.1. The van der Waals surface area contributed by atoms with Crippen LogP contribution in [0.2, 0.25) is 0 Å². The standard InChI is InChI=1S/C28H34O4.C27H34O5.C26H32O5.C23H28O2/c1-26-11-8-22-24-20(25(31)32-19-5-3-4-6-19)16-17-15-18(29)7-13-27(17,2)21(24)9-14-28(22,26)23(30)10-12-26;1-5-15(2)32-24(31)22-21-17(26(4)12-6-16(28)14-19(26)23(22)30)8-13-27-18(21)7-10-25(27,3)11-9-20(27)29;1-14(2)31-23(30)21-20-16(25(4)11-5-15(27)13-18(25)22(21)29)7-12-26-17(20)6-9-24(26,3)10-8-19(26)28;1-14-12-15-13-16(24)4-10-22(15,3)17-6-11-23-18(20(14)17)5-8-21(23,2)9-7-19(23)25/h8,15,19-20H,3-7,9-14,16H2,1-2H3;7,14-15,22-23,30H,5-6,8-13H2,1-4H3;6,13-14,21-22,29H,5,7-12H2,1-4H3;5,13-14H,4,6-12H2,1-3H3/t20-,26+,27?,28?;15?,22-,23-,25-,26?,27?;21-,22-,24-,25?,26?;14-,21+,22?,23?/m1001/s1. The van der Waals surface area contributed by atoms with Crippen molar-refractivity contribution in [2.24, 2.45) is 88.7 Å². The van der Waals surface area contributed by atoms with Gasteiger partial charge in [-0.1, -0.05) is 127 Å². The summed E-state index contributed by atoms with van der Waals surface area (Å²) in [6.07, 6.45) is 41.4. The Balaban J connectivity index is 0.000000110. The van der Waals surface area contributed by atoms with Crippen LogP contribution in [0.5, 0.6) is 0 Å². The summed E-state index contributed by atoms with van der Waals surface area (Å²) < 4.78 is 17.4. The Morgan fingerprint density at radius 2 is 0.733 bits per heavy atom. The van der Waals surface area contributed by atoms with E-state index in [-0.39, 0.29) is 97.0 Å². The van der Waals surface area contributed by atoms with Gasteiger partial charge in [0.25, 0.3) is 0 Å². The molecule has 0 radical (unpaired) electrons. The molecule has 0 aromatic carbocycles. The maximum absolute atomic E-state index is 13.6. The molecule has 120 heavy (non-hydrogen) atoms. The van der Waals surface area contributed by atoms with Gasteiger partial charge in [-0.2, -0.15) is 0 Å². The summed E-state index contributed by atoms with van der Waals surface area (Å²) in [4.78, 5) is 143. The number of rotatable bonds is 7. The third kappa shape index (κ3) is 11.4. The number of carbonyl (C=O) groups excluding carboxylic acids is 11.